The first-order valence-corrected chi connectivity index (χ1v) is 8.22. The number of benzene rings is 1. The van der Waals surface area contributed by atoms with E-state index in [1.807, 2.05) is 6.07 Å². The van der Waals surface area contributed by atoms with Crippen molar-refractivity contribution in [3.63, 3.8) is 0 Å². The highest BCUT2D eigenvalue weighted by molar-refractivity contribution is 7.10. The SMILES string of the molecule is N#Cc1ccccc1NC(=O)CN1CCC[C@H]1c1cccs1. The van der Waals surface area contributed by atoms with Crippen LogP contribution >= 0.6 is 11.3 Å². The monoisotopic (exact) mass is 311 g/mol. The van der Waals surface area contributed by atoms with E-state index < -0.39 is 0 Å². The second kappa shape index (κ2) is 6.73. The molecule has 2 aromatic rings. The van der Waals surface area contributed by atoms with Crippen LogP contribution in [0.5, 0.6) is 0 Å². The summed E-state index contributed by atoms with van der Waals surface area (Å²) in [6.07, 6.45) is 2.22. The smallest absolute Gasteiger partial charge is 0.238 e. The molecule has 1 saturated heterocycles. The molecule has 5 heteroatoms. The quantitative estimate of drug-likeness (QED) is 0.941. The van der Waals surface area contributed by atoms with Crippen LogP contribution in [-0.2, 0) is 4.79 Å². The third kappa shape index (κ3) is 3.19. The Kier molecular flexibility index (Phi) is 4.52. The van der Waals surface area contributed by atoms with E-state index in [2.05, 4.69) is 33.8 Å². The van der Waals surface area contributed by atoms with Crippen LogP contribution in [0.1, 0.15) is 29.3 Å². The average Bonchev–Trinajstić information content (AvgIpc) is 3.18. The molecule has 0 radical (unpaired) electrons. The van der Waals surface area contributed by atoms with Crippen molar-refractivity contribution < 1.29 is 4.79 Å². The first-order valence-electron chi connectivity index (χ1n) is 7.34. The van der Waals surface area contributed by atoms with E-state index in [1.54, 1.807) is 29.5 Å². The lowest BCUT2D eigenvalue weighted by Crippen LogP contribution is -2.32. The minimum atomic E-state index is -0.0637. The molecule has 0 bridgehead atoms. The zero-order chi connectivity index (χ0) is 15.4. The molecule has 1 aromatic carbocycles. The number of nitrogens with one attached hydrogen (secondary N) is 1. The van der Waals surface area contributed by atoms with Gasteiger partial charge in [-0.25, -0.2) is 0 Å². The van der Waals surface area contributed by atoms with Gasteiger partial charge < -0.3 is 5.32 Å². The molecule has 22 heavy (non-hydrogen) atoms. The van der Waals surface area contributed by atoms with Crippen molar-refractivity contribution in [3.8, 4) is 6.07 Å². The number of para-hydroxylation sites is 1. The zero-order valence-corrected chi connectivity index (χ0v) is 13.0. The van der Waals surface area contributed by atoms with E-state index in [0.29, 0.717) is 23.8 Å². The maximum absolute atomic E-state index is 12.3. The number of nitriles is 1. The average molecular weight is 311 g/mol. The summed E-state index contributed by atoms with van der Waals surface area (Å²) in [6.45, 7) is 1.30. The number of carbonyl (C=O) groups is 1. The highest BCUT2D eigenvalue weighted by Crippen LogP contribution is 2.34. The maximum atomic E-state index is 12.3. The molecule has 1 aliphatic rings. The third-order valence-electron chi connectivity index (χ3n) is 3.90. The highest BCUT2D eigenvalue weighted by Gasteiger charge is 2.28. The van der Waals surface area contributed by atoms with Crippen molar-refractivity contribution >= 4 is 22.9 Å². The maximum Gasteiger partial charge on any atom is 0.238 e. The van der Waals surface area contributed by atoms with E-state index in [9.17, 15) is 4.79 Å². The Morgan fingerprint density at radius 3 is 3.00 bits per heavy atom. The van der Waals surface area contributed by atoms with Crippen LogP contribution < -0.4 is 5.32 Å². The summed E-state index contributed by atoms with van der Waals surface area (Å²) in [5, 5.41) is 14.0. The number of rotatable bonds is 4. The van der Waals surface area contributed by atoms with Gasteiger partial charge in [-0.3, -0.25) is 9.69 Å². The van der Waals surface area contributed by atoms with E-state index >= 15 is 0 Å². The van der Waals surface area contributed by atoms with Crippen LogP contribution in [-0.4, -0.2) is 23.9 Å². The van der Waals surface area contributed by atoms with Crippen molar-refractivity contribution in [1.82, 2.24) is 4.90 Å². The minimum Gasteiger partial charge on any atom is -0.324 e. The summed E-state index contributed by atoms with van der Waals surface area (Å²) >= 11 is 1.74. The fraction of sp³-hybridized carbons (Fsp3) is 0.294. The molecule has 0 aliphatic carbocycles. The summed E-state index contributed by atoms with van der Waals surface area (Å²) in [5.74, 6) is -0.0637. The molecule has 0 spiro atoms. The fourth-order valence-electron chi connectivity index (χ4n) is 2.88. The number of nitrogens with zero attached hydrogens (tertiary/aromatic N) is 2. The Hall–Kier alpha value is -2.16. The molecule has 0 unspecified atom stereocenters. The molecular weight excluding hydrogens is 294 g/mol. The van der Waals surface area contributed by atoms with Crippen molar-refractivity contribution in [2.45, 2.75) is 18.9 Å². The van der Waals surface area contributed by atoms with Crippen molar-refractivity contribution in [3.05, 3.63) is 52.2 Å². The number of anilines is 1. The molecule has 2 heterocycles. The number of hydrogen-bond acceptors (Lipinski definition) is 4. The highest BCUT2D eigenvalue weighted by atomic mass is 32.1. The lowest BCUT2D eigenvalue weighted by atomic mass is 10.2. The fourth-order valence-corrected chi connectivity index (χ4v) is 3.78. The molecule has 1 N–H and O–H groups in total. The lowest BCUT2D eigenvalue weighted by Gasteiger charge is -2.23. The normalized spacial score (nSPS) is 18.0. The van der Waals surface area contributed by atoms with E-state index in [1.165, 1.54) is 4.88 Å². The van der Waals surface area contributed by atoms with Gasteiger partial charge in [-0.05, 0) is 43.0 Å². The zero-order valence-electron chi connectivity index (χ0n) is 12.2. The van der Waals surface area contributed by atoms with Crippen LogP contribution in [0.15, 0.2) is 41.8 Å². The Balaban J connectivity index is 1.65. The standard InChI is InChI=1S/C17H17N3OS/c18-11-13-5-1-2-6-14(13)19-17(21)12-20-9-3-7-15(20)16-8-4-10-22-16/h1-2,4-6,8,10,15H,3,7,9,12H2,(H,19,21)/t15-/m0/s1. The molecule has 1 atom stereocenters. The van der Waals surface area contributed by atoms with Crippen LogP contribution in [0.25, 0.3) is 0 Å². The second-order valence-electron chi connectivity index (χ2n) is 5.35. The molecule has 1 fully saturated rings. The number of thiophene rings is 1. The second-order valence-corrected chi connectivity index (χ2v) is 6.33. The van der Waals surface area contributed by atoms with Gasteiger partial charge in [-0.15, -0.1) is 11.3 Å². The first kappa shape index (κ1) is 14.8. The number of hydrogen-bond donors (Lipinski definition) is 1. The van der Waals surface area contributed by atoms with Crippen LogP contribution in [0.4, 0.5) is 5.69 Å². The number of carbonyl (C=O) groups excluding carboxylic acids is 1. The Labute approximate surface area is 134 Å². The summed E-state index contributed by atoms with van der Waals surface area (Å²) in [7, 11) is 0. The third-order valence-corrected chi connectivity index (χ3v) is 4.88. The minimum absolute atomic E-state index is 0.0637. The largest absolute Gasteiger partial charge is 0.324 e. The summed E-state index contributed by atoms with van der Waals surface area (Å²) in [4.78, 5) is 15.8. The van der Waals surface area contributed by atoms with Gasteiger partial charge in [0, 0.05) is 10.9 Å². The van der Waals surface area contributed by atoms with Crippen molar-refractivity contribution in [2.24, 2.45) is 0 Å². The molecule has 3 rings (SSSR count). The summed E-state index contributed by atoms with van der Waals surface area (Å²) in [6, 6.07) is 13.7. The van der Waals surface area contributed by atoms with Gasteiger partial charge in [0.25, 0.3) is 0 Å². The van der Waals surface area contributed by atoms with Gasteiger partial charge in [-0.1, -0.05) is 18.2 Å². The van der Waals surface area contributed by atoms with Gasteiger partial charge in [0.05, 0.1) is 17.8 Å². The predicted octanol–water partition coefficient (Wildman–Crippen LogP) is 3.40. The Bertz CT molecular complexity index is 690. The van der Waals surface area contributed by atoms with Crippen molar-refractivity contribution in [1.29, 1.82) is 5.26 Å². The van der Waals surface area contributed by atoms with Crippen LogP contribution in [0.2, 0.25) is 0 Å². The summed E-state index contributed by atoms with van der Waals surface area (Å²) in [5.41, 5.74) is 1.08. The van der Waals surface area contributed by atoms with Crippen molar-refractivity contribution in [2.75, 3.05) is 18.4 Å². The van der Waals surface area contributed by atoms with Gasteiger partial charge in [-0.2, -0.15) is 5.26 Å². The first-order chi connectivity index (χ1) is 10.8. The molecule has 0 saturated carbocycles. The number of amides is 1. The number of likely N-dealkylation sites (tertiary alicyclic amines) is 1. The summed E-state index contributed by atoms with van der Waals surface area (Å²) < 4.78 is 0. The Morgan fingerprint density at radius 1 is 1.36 bits per heavy atom. The molecule has 1 aromatic heterocycles. The Morgan fingerprint density at radius 2 is 2.23 bits per heavy atom. The van der Waals surface area contributed by atoms with Crippen LogP contribution in [0, 0.1) is 11.3 Å². The van der Waals surface area contributed by atoms with Gasteiger partial charge >= 0.3 is 0 Å². The lowest BCUT2D eigenvalue weighted by molar-refractivity contribution is -0.117. The van der Waals surface area contributed by atoms with E-state index in [-0.39, 0.29) is 5.91 Å². The van der Waals surface area contributed by atoms with Gasteiger partial charge in [0.15, 0.2) is 0 Å². The predicted molar refractivity (Wildman–Crippen MR) is 87.7 cm³/mol. The van der Waals surface area contributed by atoms with Gasteiger partial charge in [0.2, 0.25) is 5.91 Å². The molecular formula is C17H17N3OS. The molecule has 1 aliphatic heterocycles. The topological polar surface area (TPSA) is 56.1 Å². The van der Waals surface area contributed by atoms with Gasteiger partial charge in [0.1, 0.15) is 6.07 Å². The van der Waals surface area contributed by atoms with E-state index in [0.717, 1.165) is 19.4 Å². The molecule has 112 valence electrons. The van der Waals surface area contributed by atoms with Crippen LogP contribution in [0.3, 0.4) is 0 Å². The van der Waals surface area contributed by atoms with E-state index in [4.69, 9.17) is 5.26 Å². The molecule has 1 amide bonds. The molecule has 4 nitrogen and oxygen atoms in total.